The minimum absolute atomic E-state index is 0.226. The Bertz CT molecular complexity index is 1340. The van der Waals surface area contributed by atoms with Crippen molar-refractivity contribution in [3.8, 4) is 11.4 Å². The average molecular weight is 512 g/mol. The zero-order valence-corrected chi connectivity index (χ0v) is 21.9. The Morgan fingerprint density at radius 1 is 0.895 bits per heavy atom. The second kappa shape index (κ2) is 12.4. The molecule has 2 N–H and O–H groups in total. The maximum atomic E-state index is 11.6. The van der Waals surface area contributed by atoms with Gasteiger partial charge in [-0.2, -0.15) is 0 Å². The zero-order valence-electron chi connectivity index (χ0n) is 21.9. The average Bonchev–Trinajstić information content (AvgIpc) is 3.33. The lowest BCUT2D eigenvalue weighted by molar-refractivity contribution is 0.0697. The molecule has 0 aliphatic heterocycles. The highest BCUT2D eigenvalue weighted by Crippen LogP contribution is 2.36. The number of rotatable bonds is 11. The molecule has 1 fully saturated rings. The van der Waals surface area contributed by atoms with Crippen LogP contribution in [-0.4, -0.2) is 43.8 Å². The summed E-state index contributed by atoms with van der Waals surface area (Å²) in [6.07, 6.45) is 7.72. The van der Waals surface area contributed by atoms with Crippen molar-refractivity contribution in [3.63, 3.8) is 0 Å². The van der Waals surface area contributed by atoms with E-state index in [4.69, 9.17) is 4.98 Å². The normalized spacial score (nSPS) is 14.4. The van der Waals surface area contributed by atoms with Crippen molar-refractivity contribution in [2.45, 2.75) is 64.1 Å². The van der Waals surface area contributed by atoms with Crippen molar-refractivity contribution in [1.29, 1.82) is 0 Å². The first-order valence-corrected chi connectivity index (χ1v) is 13.8. The minimum atomic E-state index is -0.927. The largest absolute Gasteiger partial charge is 0.478 e. The summed E-state index contributed by atoms with van der Waals surface area (Å²) in [5, 5.41) is 18.8. The summed E-state index contributed by atoms with van der Waals surface area (Å²) in [5.74, 6) is -0.00542. The minimum Gasteiger partial charge on any atom is -0.478 e. The van der Waals surface area contributed by atoms with Crippen molar-refractivity contribution in [2.75, 3.05) is 13.2 Å². The quantitative estimate of drug-likeness (QED) is 0.220. The molecule has 5 rings (SSSR count). The number of unbranched alkanes of at least 4 members (excludes halogenated alkanes) is 1. The number of carbonyl (C=O) groups is 1. The molecule has 198 valence electrons. The van der Waals surface area contributed by atoms with Crippen LogP contribution in [0.5, 0.6) is 0 Å². The summed E-state index contributed by atoms with van der Waals surface area (Å²) in [5.41, 5.74) is 5.61. The fourth-order valence-electron chi connectivity index (χ4n) is 5.66. The molecule has 0 unspecified atom stereocenters. The highest BCUT2D eigenvalue weighted by atomic mass is 16.4. The molecule has 0 bridgehead atoms. The Morgan fingerprint density at radius 2 is 1.61 bits per heavy atom. The first-order chi connectivity index (χ1) is 18.6. The highest BCUT2D eigenvalue weighted by molar-refractivity contribution is 5.93. The molecule has 1 aliphatic carbocycles. The summed E-state index contributed by atoms with van der Waals surface area (Å²) in [6, 6.07) is 24.9. The van der Waals surface area contributed by atoms with Gasteiger partial charge in [0.15, 0.2) is 0 Å². The lowest BCUT2D eigenvalue weighted by Gasteiger charge is -2.26. The van der Waals surface area contributed by atoms with Gasteiger partial charge in [0.25, 0.3) is 0 Å². The number of aromatic nitrogens is 2. The Balaban J connectivity index is 1.42. The molecular formula is C32H37N3O3. The number of fused-ring (bicyclic) bond motifs is 1. The van der Waals surface area contributed by atoms with Gasteiger partial charge in [-0.05, 0) is 61.6 Å². The van der Waals surface area contributed by atoms with Crippen molar-refractivity contribution in [2.24, 2.45) is 0 Å². The van der Waals surface area contributed by atoms with E-state index in [-0.39, 0.29) is 12.2 Å². The third kappa shape index (κ3) is 6.14. The van der Waals surface area contributed by atoms with E-state index >= 15 is 0 Å². The standard InChI is InChI=1S/C32H37N3O3/c36-20-8-7-19-34(22-24-9-3-1-4-10-24)23-25-13-15-26(16-14-25)31-33-29-21-27(32(37)38)17-18-30(29)35(31)28-11-5-2-6-12-28/h1,3-4,9-10,13-18,21,28,36H,2,5-8,11-12,19-20,22-23H2,(H,37,38). The molecule has 1 aliphatic rings. The van der Waals surface area contributed by atoms with Gasteiger partial charge < -0.3 is 14.8 Å². The van der Waals surface area contributed by atoms with Gasteiger partial charge in [-0.1, -0.05) is 73.9 Å². The summed E-state index contributed by atoms with van der Waals surface area (Å²) >= 11 is 0. The number of hydrogen-bond acceptors (Lipinski definition) is 4. The predicted molar refractivity (Wildman–Crippen MR) is 151 cm³/mol. The van der Waals surface area contributed by atoms with Gasteiger partial charge in [-0.25, -0.2) is 9.78 Å². The molecular weight excluding hydrogens is 474 g/mol. The molecule has 0 saturated heterocycles. The first kappa shape index (κ1) is 26.1. The highest BCUT2D eigenvalue weighted by Gasteiger charge is 2.23. The van der Waals surface area contributed by atoms with Crippen LogP contribution in [0.2, 0.25) is 0 Å². The van der Waals surface area contributed by atoms with E-state index in [0.29, 0.717) is 6.04 Å². The summed E-state index contributed by atoms with van der Waals surface area (Å²) < 4.78 is 2.35. The molecule has 6 heteroatoms. The molecule has 0 amide bonds. The van der Waals surface area contributed by atoms with E-state index in [1.807, 2.05) is 12.1 Å². The number of aromatic carboxylic acids is 1. The van der Waals surface area contributed by atoms with Crippen LogP contribution in [-0.2, 0) is 13.1 Å². The Hall–Kier alpha value is -3.48. The lowest BCUT2D eigenvalue weighted by Crippen LogP contribution is -2.24. The third-order valence-corrected chi connectivity index (χ3v) is 7.63. The molecule has 4 aromatic rings. The van der Waals surface area contributed by atoms with E-state index in [1.165, 1.54) is 30.4 Å². The van der Waals surface area contributed by atoms with Crippen LogP contribution in [0.3, 0.4) is 0 Å². The second-order valence-corrected chi connectivity index (χ2v) is 10.4. The molecule has 1 heterocycles. The lowest BCUT2D eigenvalue weighted by atomic mass is 9.94. The van der Waals surface area contributed by atoms with E-state index < -0.39 is 5.97 Å². The number of aliphatic hydroxyl groups is 1. The van der Waals surface area contributed by atoms with Gasteiger partial charge >= 0.3 is 5.97 Å². The number of nitrogens with zero attached hydrogens (tertiary/aromatic N) is 3. The number of aliphatic hydroxyl groups excluding tert-OH is 1. The van der Waals surface area contributed by atoms with Crippen LogP contribution in [0.25, 0.3) is 22.4 Å². The fraction of sp³-hybridized carbons (Fsp3) is 0.375. The Morgan fingerprint density at radius 3 is 2.29 bits per heavy atom. The number of benzene rings is 3. The Labute approximate surface area is 224 Å². The van der Waals surface area contributed by atoms with Crippen molar-refractivity contribution in [3.05, 3.63) is 89.5 Å². The SMILES string of the molecule is O=C(O)c1ccc2c(c1)nc(-c1ccc(CN(CCCCO)Cc3ccccc3)cc1)n2C1CCCCC1. The summed E-state index contributed by atoms with van der Waals surface area (Å²) in [6.45, 7) is 2.86. The fourth-order valence-corrected chi connectivity index (χ4v) is 5.66. The Kier molecular flexibility index (Phi) is 8.51. The number of carboxylic acids is 1. The van der Waals surface area contributed by atoms with Gasteiger partial charge in [0.05, 0.1) is 16.6 Å². The van der Waals surface area contributed by atoms with Crippen molar-refractivity contribution in [1.82, 2.24) is 14.5 Å². The van der Waals surface area contributed by atoms with Crippen molar-refractivity contribution < 1.29 is 15.0 Å². The van der Waals surface area contributed by atoms with Gasteiger partial charge in [0.1, 0.15) is 5.82 Å². The van der Waals surface area contributed by atoms with Crippen LogP contribution in [0, 0.1) is 0 Å². The predicted octanol–water partition coefficient (Wildman–Crippen LogP) is 6.68. The smallest absolute Gasteiger partial charge is 0.335 e. The van der Waals surface area contributed by atoms with Crippen LogP contribution < -0.4 is 0 Å². The van der Waals surface area contributed by atoms with Gasteiger partial charge in [-0.3, -0.25) is 4.90 Å². The molecule has 0 atom stereocenters. The van der Waals surface area contributed by atoms with E-state index in [0.717, 1.165) is 67.7 Å². The van der Waals surface area contributed by atoms with Crippen LogP contribution in [0.4, 0.5) is 0 Å². The van der Waals surface area contributed by atoms with Crippen LogP contribution >= 0.6 is 0 Å². The second-order valence-electron chi connectivity index (χ2n) is 10.4. The number of hydrogen-bond donors (Lipinski definition) is 2. The maximum Gasteiger partial charge on any atom is 0.335 e. The summed E-state index contributed by atoms with van der Waals surface area (Å²) in [4.78, 5) is 19.0. The molecule has 6 nitrogen and oxygen atoms in total. The summed E-state index contributed by atoms with van der Waals surface area (Å²) in [7, 11) is 0. The van der Waals surface area contributed by atoms with Crippen LogP contribution in [0.15, 0.2) is 72.8 Å². The zero-order chi connectivity index (χ0) is 26.3. The topological polar surface area (TPSA) is 78.6 Å². The van der Waals surface area contributed by atoms with Crippen molar-refractivity contribution >= 4 is 17.0 Å². The third-order valence-electron chi connectivity index (χ3n) is 7.63. The number of imidazole rings is 1. The molecule has 1 saturated carbocycles. The molecule has 38 heavy (non-hydrogen) atoms. The van der Waals surface area contributed by atoms with E-state index in [2.05, 4.69) is 58.0 Å². The van der Waals surface area contributed by atoms with E-state index in [9.17, 15) is 15.0 Å². The van der Waals surface area contributed by atoms with Gasteiger partial charge in [0, 0.05) is 31.3 Å². The molecule has 0 spiro atoms. The molecule has 1 aromatic heterocycles. The van der Waals surface area contributed by atoms with Gasteiger partial charge in [0.2, 0.25) is 0 Å². The molecule has 3 aromatic carbocycles. The van der Waals surface area contributed by atoms with E-state index in [1.54, 1.807) is 12.1 Å². The number of carboxylic acid groups (broad SMARTS) is 1. The first-order valence-electron chi connectivity index (χ1n) is 13.8. The monoisotopic (exact) mass is 511 g/mol. The molecule has 0 radical (unpaired) electrons. The maximum absolute atomic E-state index is 11.6. The van der Waals surface area contributed by atoms with Crippen LogP contribution in [0.1, 0.15) is 72.5 Å². The van der Waals surface area contributed by atoms with Gasteiger partial charge in [-0.15, -0.1) is 0 Å².